The largest absolute Gasteiger partial charge is 0.357 e. The van der Waals surface area contributed by atoms with Crippen LogP contribution in [-0.4, -0.2) is 28.1 Å². The predicted octanol–water partition coefficient (Wildman–Crippen LogP) is 2.79. The van der Waals surface area contributed by atoms with Crippen LogP contribution in [0.1, 0.15) is 38.3 Å². The zero-order valence-corrected chi connectivity index (χ0v) is 14.3. The van der Waals surface area contributed by atoms with Gasteiger partial charge in [-0.1, -0.05) is 31.2 Å². The van der Waals surface area contributed by atoms with E-state index in [1.54, 1.807) is 6.20 Å². The second-order valence-corrected chi connectivity index (χ2v) is 5.70. The minimum Gasteiger partial charge on any atom is -0.357 e. The Kier molecular flexibility index (Phi) is 6.66. The number of aliphatic imine (C=N–C) groups is 1. The molecule has 1 aromatic carbocycles. The summed E-state index contributed by atoms with van der Waals surface area (Å²) >= 11 is 0. The van der Waals surface area contributed by atoms with Crippen LogP contribution in [0.25, 0.3) is 0 Å². The molecule has 0 fully saturated rings. The quantitative estimate of drug-likeness (QED) is 0.610. The van der Waals surface area contributed by atoms with Gasteiger partial charge < -0.3 is 15.2 Å². The molecule has 0 bridgehead atoms. The van der Waals surface area contributed by atoms with Crippen molar-refractivity contribution in [2.75, 3.05) is 6.54 Å². The lowest BCUT2D eigenvalue weighted by Crippen LogP contribution is -2.41. The number of nitrogens with one attached hydrogen (secondary N) is 2. The third-order valence-electron chi connectivity index (χ3n) is 3.68. The molecule has 0 aliphatic rings. The first kappa shape index (κ1) is 17.1. The molecule has 0 saturated carbocycles. The molecule has 5 heteroatoms. The van der Waals surface area contributed by atoms with Crippen LogP contribution in [0.3, 0.4) is 0 Å². The van der Waals surface area contributed by atoms with Crippen molar-refractivity contribution in [3.63, 3.8) is 0 Å². The zero-order valence-electron chi connectivity index (χ0n) is 14.3. The minimum absolute atomic E-state index is 0.417. The fourth-order valence-electron chi connectivity index (χ4n) is 2.24. The van der Waals surface area contributed by atoms with Crippen LogP contribution >= 0.6 is 0 Å². The zero-order chi connectivity index (χ0) is 16.5. The molecule has 23 heavy (non-hydrogen) atoms. The highest BCUT2D eigenvalue weighted by molar-refractivity contribution is 5.80. The summed E-state index contributed by atoms with van der Waals surface area (Å²) in [6.45, 7) is 8.79. The van der Waals surface area contributed by atoms with Crippen LogP contribution < -0.4 is 10.6 Å². The lowest BCUT2D eigenvalue weighted by Gasteiger charge is -2.16. The molecule has 2 aromatic rings. The highest BCUT2D eigenvalue weighted by Gasteiger charge is 2.03. The Labute approximate surface area is 138 Å². The fraction of sp³-hybridized carbons (Fsp3) is 0.444. The molecule has 5 nitrogen and oxygen atoms in total. The van der Waals surface area contributed by atoms with Gasteiger partial charge >= 0.3 is 0 Å². The van der Waals surface area contributed by atoms with Crippen molar-refractivity contribution in [1.82, 2.24) is 20.2 Å². The maximum absolute atomic E-state index is 4.69. The van der Waals surface area contributed by atoms with Crippen molar-refractivity contribution in [2.45, 2.75) is 46.3 Å². The second kappa shape index (κ2) is 8.98. The molecule has 0 saturated heterocycles. The summed E-state index contributed by atoms with van der Waals surface area (Å²) in [7, 11) is 0. The molecular formula is C18H27N5. The highest BCUT2D eigenvalue weighted by atomic mass is 15.2. The van der Waals surface area contributed by atoms with Crippen molar-refractivity contribution in [1.29, 1.82) is 0 Å². The summed E-state index contributed by atoms with van der Waals surface area (Å²) in [5.74, 6) is 0.877. The number of imidazole rings is 1. The summed E-state index contributed by atoms with van der Waals surface area (Å²) in [5, 5.41) is 6.71. The summed E-state index contributed by atoms with van der Waals surface area (Å²) < 4.78 is 2.07. The number of guanidine groups is 1. The average Bonchev–Trinajstić information content (AvgIpc) is 3.06. The lowest BCUT2D eigenvalue weighted by atomic mass is 10.1. The van der Waals surface area contributed by atoms with Gasteiger partial charge in [0.15, 0.2) is 5.96 Å². The van der Waals surface area contributed by atoms with E-state index in [1.807, 2.05) is 12.5 Å². The van der Waals surface area contributed by atoms with Crippen LogP contribution in [0.4, 0.5) is 0 Å². The molecule has 1 heterocycles. The molecule has 0 aliphatic carbocycles. The van der Waals surface area contributed by atoms with Crippen molar-refractivity contribution >= 4 is 5.96 Å². The Balaban J connectivity index is 2.01. The Bertz CT molecular complexity index is 604. The van der Waals surface area contributed by atoms with Gasteiger partial charge in [0.1, 0.15) is 0 Å². The van der Waals surface area contributed by atoms with E-state index in [4.69, 9.17) is 0 Å². The van der Waals surface area contributed by atoms with Gasteiger partial charge in [-0.25, -0.2) is 9.98 Å². The van der Waals surface area contributed by atoms with Gasteiger partial charge in [0, 0.05) is 31.5 Å². The number of nitrogens with zero attached hydrogens (tertiary/aromatic N) is 3. The SMILES string of the molecule is CCNC(=NCc1cccc(Cn2ccnc2)c1)NC(C)CC. The molecule has 0 radical (unpaired) electrons. The average molecular weight is 313 g/mol. The maximum Gasteiger partial charge on any atom is 0.191 e. The minimum atomic E-state index is 0.417. The summed E-state index contributed by atoms with van der Waals surface area (Å²) in [4.78, 5) is 8.77. The van der Waals surface area contributed by atoms with E-state index in [0.717, 1.165) is 25.5 Å². The normalized spacial score (nSPS) is 12.9. The molecular weight excluding hydrogens is 286 g/mol. The molecule has 1 atom stereocenters. The third kappa shape index (κ3) is 5.77. The van der Waals surface area contributed by atoms with Gasteiger partial charge in [0.05, 0.1) is 12.9 Å². The van der Waals surface area contributed by atoms with E-state index in [9.17, 15) is 0 Å². The number of hydrogen-bond donors (Lipinski definition) is 2. The number of hydrogen-bond acceptors (Lipinski definition) is 2. The van der Waals surface area contributed by atoms with Gasteiger partial charge in [-0.2, -0.15) is 0 Å². The first-order chi connectivity index (χ1) is 11.2. The van der Waals surface area contributed by atoms with Gasteiger partial charge in [-0.05, 0) is 31.4 Å². The van der Waals surface area contributed by atoms with E-state index >= 15 is 0 Å². The predicted molar refractivity (Wildman–Crippen MR) is 95.5 cm³/mol. The van der Waals surface area contributed by atoms with Crippen LogP contribution in [0, 0.1) is 0 Å². The number of benzene rings is 1. The Morgan fingerprint density at radius 1 is 1.30 bits per heavy atom. The monoisotopic (exact) mass is 313 g/mol. The van der Waals surface area contributed by atoms with Gasteiger partial charge in [0.25, 0.3) is 0 Å². The van der Waals surface area contributed by atoms with Crippen molar-refractivity contribution in [3.8, 4) is 0 Å². The summed E-state index contributed by atoms with van der Waals surface area (Å²) in [6.07, 6.45) is 6.69. The third-order valence-corrected chi connectivity index (χ3v) is 3.68. The first-order valence-electron chi connectivity index (χ1n) is 8.29. The van der Waals surface area contributed by atoms with Crippen LogP contribution in [0.5, 0.6) is 0 Å². The molecule has 1 aromatic heterocycles. The van der Waals surface area contributed by atoms with Crippen LogP contribution in [0.2, 0.25) is 0 Å². The van der Waals surface area contributed by atoms with Gasteiger partial charge in [0.2, 0.25) is 0 Å². The molecule has 2 rings (SSSR count). The van der Waals surface area contributed by atoms with E-state index in [-0.39, 0.29) is 0 Å². The molecule has 0 amide bonds. The molecule has 0 spiro atoms. The topological polar surface area (TPSA) is 54.2 Å². The molecule has 2 N–H and O–H groups in total. The highest BCUT2D eigenvalue weighted by Crippen LogP contribution is 2.08. The van der Waals surface area contributed by atoms with Crippen molar-refractivity contribution in [3.05, 3.63) is 54.1 Å². The van der Waals surface area contributed by atoms with Crippen LogP contribution in [0.15, 0.2) is 48.0 Å². The lowest BCUT2D eigenvalue weighted by molar-refractivity contribution is 0.624. The Hall–Kier alpha value is -2.30. The summed E-state index contributed by atoms with van der Waals surface area (Å²) in [5.41, 5.74) is 2.47. The molecule has 0 aliphatic heterocycles. The summed E-state index contributed by atoms with van der Waals surface area (Å²) in [6, 6.07) is 8.96. The Morgan fingerprint density at radius 3 is 2.83 bits per heavy atom. The molecule has 124 valence electrons. The second-order valence-electron chi connectivity index (χ2n) is 5.70. The molecule has 1 unspecified atom stereocenters. The Morgan fingerprint density at radius 2 is 2.13 bits per heavy atom. The first-order valence-corrected chi connectivity index (χ1v) is 8.29. The maximum atomic E-state index is 4.69. The fourth-order valence-corrected chi connectivity index (χ4v) is 2.24. The van der Waals surface area contributed by atoms with E-state index in [2.05, 4.69) is 70.2 Å². The van der Waals surface area contributed by atoms with Gasteiger partial charge in [-0.3, -0.25) is 0 Å². The van der Waals surface area contributed by atoms with E-state index < -0.39 is 0 Å². The standard InChI is InChI=1S/C18H27N5/c1-4-15(3)22-18(20-5-2)21-12-16-7-6-8-17(11-16)13-23-10-9-19-14-23/h6-11,14-15H,4-5,12-13H2,1-3H3,(H2,20,21,22). The number of aromatic nitrogens is 2. The smallest absolute Gasteiger partial charge is 0.191 e. The number of rotatable bonds is 7. The van der Waals surface area contributed by atoms with Gasteiger partial charge in [-0.15, -0.1) is 0 Å². The van der Waals surface area contributed by atoms with Crippen LogP contribution in [-0.2, 0) is 13.1 Å². The van der Waals surface area contributed by atoms with E-state index in [0.29, 0.717) is 12.6 Å². The van der Waals surface area contributed by atoms with Crippen molar-refractivity contribution < 1.29 is 0 Å². The van der Waals surface area contributed by atoms with E-state index in [1.165, 1.54) is 11.1 Å². The van der Waals surface area contributed by atoms with Crippen molar-refractivity contribution in [2.24, 2.45) is 4.99 Å².